The Balaban J connectivity index is 1.81. The number of urea groups is 1. The van der Waals surface area contributed by atoms with Crippen molar-refractivity contribution in [3.63, 3.8) is 0 Å². The van der Waals surface area contributed by atoms with Gasteiger partial charge in [0.15, 0.2) is 0 Å². The SMILES string of the molecule is Cc1ccc(C)c(NC(=O)N2CCC[C@H]2c2ccccc2Cl)c1. The van der Waals surface area contributed by atoms with Crippen molar-refractivity contribution in [3.8, 4) is 0 Å². The van der Waals surface area contributed by atoms with Gasteiger partial charge in [-0.3, -0.25) is 0 Å². The standard InChI is InChI=1S/C19H21ClN2O/c1-13-9-10-14(2)17(12-13)21-19(23)22-11-5-8-18(22)15-6-3-4-7-16(15)20/h3-4,6-7,9-10,12,18H,5,8,11H2,1-2H3,(H,21,23)/t18-/m0/s1. The lowest BCUT2D eigenvalue weighted by molar-refractivity contribution is 0.207. The van der Waals surface area contributed by atoms with Gasteiger partial charge in [-0.05, 0) is 55.5 Å². The first-order valence-electron chi connectivity index (χ1n) is 7.95. The van der Waals surface area contributed by atoms with Gasteiger partial charge in [0.05, 0.1) is 6.04 Å². The van der Waals surface area contributed by atoms with E-state index in [-0.39, 0.29) is 12.1 Å². The van der Waals surface area contributed by atoms with Gasteiger partial charge in [-0.15, -0.1) is 0 Å². The normalized spacial score (nSPS) is 17.3. The van der Waals surface area contributed by atoms with E-state index in [9.17, 15) is 4.79 Å². The van der Waals surface area contributed by atoms with Gasteiger partial charge >= 0.3 is 6.03 Å². The van der Waals surface area contributed by atoms with E-state index in [1.54, 1.807) is 0 Å². The molecule has 3 nitrogen and oxygen atoms in total. The smallest absolute Gasteiger partial charge is 0.317 e. The molecule has 0 aromatic heterocycles. The van der Waals surface area contributed by atoms with Crippen LogP contribution in [0.25, 0.3) is 0 Å². The molecule has 0 unspecified atom stereocenters. The average molecular weight is 329 g/mol. The van der Waals surface area contributed by atoms with Crippen LogP contribution < -0.4 is 5.32 Å². The summed E-state index contributed by atoms with van der Waals surface area (Å²) in [6.45, 7) is 4.79. The molecule has 1 aliphatic heterocycles. The molecule has 0 saturated carbocycles. The molecule has 120 valence electrons. The lowest BCUT2D eigenvalue weighted by Gasteiger charge is -2.26. The van der Waals surface area contributed by atoms with Crippen molar-refractivity contribution in [3.05, 3.63) is 64.2 Å². The van der Waals surface area contributed by atoms with Crippen LogP contribution in [0.4, 0.5) is 10.5 Å². The molecular formula is C19H21ClN2O. The van der Waals surface area contributed by atoms with Crippen LogP contribution >= 0.6 is 11.6 Å². The minimum absolute atomic E-state index is 0.0498. The van der Waals surface area contributed by atoms with E-state index in [1.165, 1.54) is 0 Å². The first kappa shape index (κ1) is 15.9. The Bertz CT molecular complexity index is 729. The molecule has 1 saturated heterocycles. The summed E-state index contributed by atoms with van der Waals surface area (Å²) < 4.78 is 0. The van der Waals surface area contributed by atoms with E-state index in [2.05, 4.69) is 5.32 Å². The third kappa shape index (κ3) is 3.35. The van der Waals surface area contributed by atoms with Crippen LogP contribution in [0.3, 0.4) is 0 Å². The molecule has 3 rings (SSSR count). The van der Waals surface area contributed by atoms with Crippen molar-refractivity contribution in [2.24, 2.45) is 0 Å². The fourth-order valence-electron chi connectivity index (χ4n) is 3.14. The van der Waals surface area contributed by atoms with Gasteiger partial charge in [0.2, 0.25) is 0 Å². The van der Waals surface area contributed by atoms with Crippen molar-refractivity contribution in [1.82, 2.24) is 4.90 Å². The number of likely N-dealkylation sites (tertiary alicyclic amines) is 1. The molecule has 23 heavy (non-hydrogen) atoms. The monoisotopic (exact) mass is 328 g/mol. The number of hydrogen-bond donors (Lipinski definition) is 1. The Hall–Kier alpha value is -2.00. The highest BCUT2D eigenvalue weighted by molar-refractivity contribution is 6.31. The number of nitrogens with one attached hydrogen (secondary N) is 1. The second kappa shape index (κ2) is 6.63. The van der Waals surface area contributed by atoms with E-state index >= 15 is 0 Å². The molecular weight excluding hydrogens is 308 g/mol. The molecule has 0 aliphatic carbocycles. The number of anilines is 1. The molecule has 0 spiro atoms. The van der Waals surface area contributed by atoms with Gasteiger partial charge in [0.1, 0.15) is 0 Å². The predicted octanol–water partition coefficient (Wildman–Crippen LogP) is 5.33. The van der Waals surface area contributed by atoms with Crippen molar-refractivity contribution < 1.29 is 4.79 Å². The van der Waals surface area contributed by atoms with Gasteiger partial charge in [0.25, 0.3) is 0 Å². The van der Waals surface area contributed by atoms with Crippen LogP contribution in [-0.4, -0.2) is 17.5 Å². The number of hydrogen-bond acceptors (Lipinski definition) is 1. The van der Waals surface area contributed by atoms with Crippen molar-refractivity contribution in [1.29, 1.82) is 0 Å². The summed E-state index contributed by atoms with van der Waals surface area (Å²) in [5.74, 6) is 0. The highest BCUT2D eigenvalue weighted by Crippen LogP contribution is 2.36. The summed E-state index contributed by atoms with van der Waals surface area (Å²) in [6.07, 6.45) is 1.94. The third-order valence-corrected chi connectivity index (χ3v) is 4.76. The zero-order chi connectivity index (χ0) is 16.4. The zero-order valence-electron chi connectivity index (χ0n) is 13.5. The van der Waals surface area contributed by atoms with E-state index in [0.29, 0.717) is 0 Å². The van der Waals surface area contributed by atoms with Crippen LogP contribution in [-0.2, 0) is 0 Å². The Morgan fingerprint density at radius 1 is 1.22 bits per heavy atom. The number of halogens is 1. The number of nitrogens with zero attached hydrogens (tertiary/aromatic N) is 1. The Labute approximate surface area is 142 Å². The molecule has 1 aliphatic rings. The first-order valence-corrected chi connectivity index (χ1v) is 8.33. The highest BCUT2D eigenvalue weighted by Gasteiger charge is 2.31. The minimum atomic E-state index is -0.0545. The van der Waals surface area contributed by atoms with Crippen molar-refractivity contribution in [2.45, 2.75) is 32.7 Å². The molecule has 0 radical (unpaired) electrons. The quantitative estimate of drug-likeness (QED) is 0.794. The van der Waals surface area contributed by atoms with Crippen LogP contribution in [0.15, 0.2) is 42.5 Å². The maximum Gasteiger partial charge on any atom is 0.322 e. The summed E-state index contributed by atoms with van der Waals surface area (Å²) in [7, 11) is 0. The fraction of sp³-hybridized carbons (Fsp3) is 0.316. The number of carbonyl (C=O) groups excluding carboxylic acids is 1. The number of rotatable bonds is 2. The molecule has 2 aromatic rings. The van der Waals surface area contributed by atoms with Crippen LogP contribution in [0.2, 0.25) is 5.02 Å². The van der Waals surface area contributed by atoms with E-state index in [0.717, 1.165) is 46.8 Å². The molecule has 2 amide bonds. The van der Waals surface area contributed by atoms with E-state index in [4.69, 9.17) is 11.6 Å². The summed E-state index contributed by atoms with van der Waals surface area (Å²) in [4.78, 5) is 14.6. The van der Waals surface area contributed by atoms with Crippen LogP contribution in [0.1, 0.15) is 35.6 Å². The summed E-state index contributed by atoms with van der Waals surface area (Å²) in [5.41, 5.74) is 4.11. The average Bonchev–Trinajstić information content (AvgIpc) is 3.01. The highest BCUT2D eigenvalue weighted by atomic mass is 35.5. The molecule has 0 bridgehead atoms. The van der Waals surface area contributed by atoms with Gasteiger partial charge in [-0.1, -0.05) is 41.9 Å². The molecule has 1 N–H and O–H groups in total. The number of benzene rings is 2. The largest absolute Gasteiger partial charge is 0.322 e. The molecule has 1 atom stereocenters. The number of carbonyl (C=O) groups is 1. The van der Waals surface area contributed by atoms with Gasteiger partial charge in [0, 0.05) is 17.3 Å². The number of aryl methyl sites for hydroxylation is 2. The third-order valence-electron chi connectivity index (χ3n) is 4.41. The summed E-state index contributed by atoms with van der Waals surface area (Å²) >= 11 is 6.32. The number of amides is 2. The lowest BCUT2D eigenvalue weighted by Crippen LogP contribution is -2.34. The molecule has 1 fully saturated rings. The first-order chi connectivity index (χ1) is 11.1. The summed E-state index contributed by atoms with van der Waals surface area (Å²) in [5, 5.41) is 3.78. The molecule has 1 heterocycles. The minimum Gasteiger partial charge on any atom is -0.317 e. The zero-order valence-corrected chi connectivity index (χ0v) is 14.2. The Kier molecular flexibility index (Phi) is 4.58. The van der Waals surface area contributed by atoms with Gasteiger partial charge in [-0.25, -0.2) is 4.79 Å². The molecule has 4 heteroatoms. The topological polar surface area (TPSA) is 32.3 Å². The molecule has 2 aromatic carbocycles. The van der Waals surface area contributed by atoms with Gasteiger partial charge in [-0.2, -0.15) is 0 Å². The van der Waals surface area contributed by atoms with E-state index in [1.807, 2.05) is 61.2 Å². The summed E-state index contributed by atoms with van der Waals surface area (Å²) in [6, 6.07) is 13.9. The van der Waals surface area contributed by atoms with Crippen LogP contribution in [0, 0.1) is 13.8 Å². The second-order valence-electron chi connectivity index (χ2n) is 6.12. The maximum atomic E-state index is 12.7. The Morgan fingerprint density at radius 3 is 2.78 bits per heavy atom. The van der Waals surface area contributed by atoms with Crippen molar-refractivity contribution in [2.75, 3.05) is 11.9 Å². The Morgan fingerprint density at radius 2 is 2.00 bits per heavy atom. The fourth-order valence-corrected chi connectivity index (χ4v) is 3.40. The van der Waals surface area contributed by atoms with E-state index < -0.39 is 0 Å². The second-order valence-corrected chi connectivity index (χ2v) is 6.53. The predicted molar refractivity (Wildman–Crippen MR) is 95.1 cm³/mol. The van der Waals surface area contributed by atoms with Crippen LogP contribution in [0.5, 0.6) is 0 Å². The van der Waals surface area contributed by atoms with Gasteiger partial charge < -0.3 is 10.2 Å². The van der Waals surface area contributed by atoms with Crippen molar-refractivity contribution >= 4 is 23.3 Å². The lowest BCUT2D eigenvalue weighted by atomic mass is 10.0. The maximum absolute atomic E-state index is 12.7.